The van der Waals surface area contributed by atoms with Crippen LogP contribution in [0, 0.1) is 19.7 Å². The number of carbonyl (C=O) groups excluding carboxylic acids is 1. The van der Waals surface area contributed by atoms with E-state index < -0.39 is 10.0 Å². The number of halogens is 1. The Kier molecular flexibility index (Phi) is 6.08. The number of imidazole rings is 1. The highest BCUT2D eigenvalue weighted by Crippen LogP contribution is 2.27. The molecule has 2 aromatic heterocycles. The van der Waals surface area contributed by atoms with Crippen molar-refractivity contribution in [2.45, 2.75) is 25.2 Å². The SMILES string of the molecule is Cc1cc(S(=O)(=O)N(C)C)cc(NC(=O)Cc2csc3nc(-c4ccc(F)cc4)cn23)c1C. The zero-order chi connectivity index (χ0) is 23.9. The van der Waals surface area contributed by atoms with E-state index in [0.29, 0.717) is 11.4 Å². The molecule has 0 atom stereocenters. The Bertz CT molecular complexity index is 1460. The first kappa shape index (κ1) is 23.1. The van der Waals surface area contributed by atoms with Gasteiger partial charge in [0.05, 0.1) is 17.0 Å². The highest BCUT2D eigenvalue weighted by molar-refractivity contribution is 7.89. The highest BCUT2D eigenvalue weighted by Gasteiger charge is 2.20. The number of aromatic nitrogens is 2. The van der Waals surface area contributed by atoms with E-state index in [9.17, 15) is 17.6 Å². The van der Waals surface area contributed by atoms with Gasteiger partial charge in [-0.05, 0) is 61.4 Å². The van der Waals surface area contributed by atoms with Crippen LogP contribution in [0.5, 0.6) is 0 Å². The van der Waals surface area contributed by atoms with Crippen molar-refractivity contribution in [3.63, 3.8) is 0 Å². The van der Waals surface area contributed by atoms with Crippen LogP contribution in [-0.4, -0.2) is 42.1 Å². The van der Waals surface area contributed by atoms with Gasteiger partial charge < -0.3 is 5.32 Å². The number of hydrogen-bond donors (Lipinski definition) is 1. The van der Waals surface area contributed by atoms with Crippen LogP contribution in [0.4, 0.5) is 10.1 Å². The number of anilines is 1. The summed E-state index contributed by atoms with van der Waals surface area (Å²) in [5, 5.41) is 4.72. The summed E-state index contributed by atoms with van der Waals surface area (Å²) in [5.41, 5.74) is 4.26. The number of nitrogens with one attached hydrogen (secondary N) is 1. The van der Waals surface area contributed by atoms with Crippen LogP contribution >= 0.6 is 11.3 Å². The molecule has 7 nitrogen and oxygen atoms in total. The molecule has 1 N–H and O–H groups in total. The zero-order valence-electron chi connectivity index (χ0n) is 18.6. The molecule has 0 unspecified atom stereocenters. The minimum absolute atomic E-state index is 0.0857. The topological polar surface area (TPSA) is 83.8 Å². The van der Waals surface area contributed by atoms with Gasteiger partial charge in [0.25, 0.3) is 0 Å². The summed E-state index contributed by atoms with van der Waals surface area (Å²) in [6, 6.07) is 9.17. The molecule has 2 heterocycles. The first-order chi connectivity index (χ1) is 15.6. The molecule has 10 heteroatoms. The number of fused-ring (bicyclic) bond motifs is 1. The van der Waals surface area contributed by atoms with Crippen LogP contribution in [-0.2, 0) is 21.2 Å². The van der Waals surface area contributed by atoms with E-state index in [2.05, 4.69) is 10.3 Å². The molecular weight excluding hydrogens is 463 g/mol. The number of carbonyl (C=O) groups is 1. The lowest BCUT2D eigenvalue weighted by Gasteiger charge is -2.16. The number of thiazole rings is 1. The Morgan fingerprint density at radius 2 is 1.88 bits per heavy atom. The molecule has 33 heavy (non-hydrogen) atoms. The van der Waals surface area contributed by atoms with Crippen LogP contribution in [0.15, 0.2) is 52.9 Å². The minimum Gasteiger partial charge on any atom is -0.325 e. The van der Waals surface area contributed by atoms with Crippen molar-refractivity contribution in [2.75, 3.05) is 19.4 Å². The molecule has 172 valence electrons. The van der Waals surface area contributed by atoms with E-state index in [1.54, 1.807) is 18.2 Å². The Morgan fingerprint density at radius 3 is 2.55 bits per heavy atom. The summed E-state index contributed by atoms with van der Waals surface area (Å²) < 4.78 is 41.3. The predicted molar refractivity (Wildman–Crippen MR) is 128 cm³/mol. The number of rotatable bonds is 6. The molecular formula is C23H23FN4O3S2. The quantitative estimate of drug-likeness (QED) is 0.442. The Balaban J connectivity index is 1.58. The zero-order valence-corrected chi connectivity index (χ0v) is 20.2. The summed E-state index contributed by atoms with van der Waals surface area (Å²) in [6.45, 7) is 3.65. The van der Waals surface area contributed by atoms with Crippen LogP contribution < -0.4 is 5.32 Å². The van der Waals surface area contributed by atoms with Crippen LogP contribution in [0.3, 0.4) is 0 Å². The minimum atomic E-state index is -3.63. The van der Waals surface area contributed by atoms with E-state index >= 15 is 0 Å². The molecule has 0 saturated carbocycles. The summed E-state index contributed by atoms with van der Waals surface area (Å²) in [7, 11) is -0.695. The number of aryl methyl sites for hydroxylation is 1. The van der Waals surface area contributed by atoms with E-state index in [1.165, 1.54) is 43.6 Å². The van der Waals surface area contributed by atoms with Gasteiger partial charge in [-0.25, -0.2) is 22.1 Å². The summed E-state index contributed by atoms with van der Waals surface area (Å²) >= 11 is 1.41. The van der Waals surface area contributed by atoms with Gasteiger partial charge in [-0.2, -0.15) is 0 Å². The van der Waals surface area contributed by atoms with Gasteiger partial charge in [-0.15, -0.1) is 11.3 Å². The molecule has 0 aliphatic carbocycles. The normalized spacial score (nSPS) is 11.9. The number of nitrogens with zero attached hydrogens (tertiary/aromatic N) is 3. The van der Waals surface area contributed by atoms with Crippen LogP contribution in [0.25, 0.3) is 16.2 Å². The van der Waals surface area contributed by atoms with E-state index in [4.69, 9.17) is 0 Å². The molecule has 0 radical (unpaired) electrons. The lowest BCUT2D eigenvalue weighted by molar-refractivity contribution is -0.115. The van der Waals surface area contributed by atoms with Crippen molar-refractivity contribution in [3.8, 4) is 11.3 Å². The van der Waals surface area contributed by atoms with Crippen molar-refractivity contribution >= 4 is 37.9 Å². The summed E-state index contributed by atoms with van der Waals surface area (Å²) in [4.78, 5) is 18.3. The first-order valence-corrected chi connectivity index (χ1v) is 12.4. The number of sulfonamides is 1. The van der Waals surface area contributed by atoms with Crippen molar-refractivity contribution in [1.29, 1.82) is 0 Å². The van der Waals surface area contributed by atoms with Crippen molar-refractivity contribution < 1.29 is 17.6 Å². The van der Waals surface area contributed by atoms with Gasteiger partial charge in [0, 0.05) is 42.6 Å². The molecule has 0 fully saturated rings. The molecule has 0 aliphatic heterocycles. The van der Waals surface area contributed by atoms with E-state index in [0.717, 1.165) is 31.7 Å². The second-order valence-electron chi connectivity index (χ2n) is 7.94. The van der Waals surface area contributed by atoms with Crippen LogP contribution in [0.2, 0.25) is 0 Å². The molecule has 0 aliphatic rings. The van der Waals surface area contributed by atoms with Crippen molar-refractivity contribution in [2.24, 2.45) is 0 Å². The predicted octanol–water partition coefficient (Wildman–Crippen LogP) is 4.25. The monoisotopic (exact) mass is 486 g/mol. The maximum absolute atomic E-state index is 13.2. The summed E-state index contributed by atoms with van der Waals surface area (Å²) in [5.74, 6) is -0.584. The molecule has 0 bridgehead atoms. The van der Waals surface area contributed by atoms with Crippen molar-refractivity contribution in [3.05, 3.63) is 70.6 Å². The number of amides is 1. The molecule has 4 rings (SSSR count). The van der Waals surface area contributed by atoms with Crippen molar-refractivity contribution in [1.82, 2.24) is 13.7 Å². The fourth-order valence-corrected chi connectivity index (χ4v) is 5.28. The molecule has 0 saturated heterocycles. The second-order valence-corrected chi connectivity index (χ2v) is 10.9. The molecule has 2 aromatic carbocycles. The Labute approximate surface area is 195 Å². The third kappa shape index (κ3) is 4.54. The van der Waals surface area contributed by atoms with Gasteiger partial charge in [0.1, 0.15) is 5.82 Å². The van der Waals surface area contributed by atoms with Gasteiger partial charge >= 0.3 is 0 Å². The second kappa shape index (κ2) is 8.69. The van der Waals surface area contributed by atoms with Gasteiger partial charge in [-0.1, -0.05) is 0 Å². The first-order valence-electron chi connectivity index (χ1n) is 10.1. The molecule has 0 spiro atoms. The van der Waals surface area contributed by atoms with E-state index in [1.807, 2.05) is 29.8 Å². The maximum atomic E-state index is 13.2. The fraction of sp³-hybridized carbons (Fsp3) is 0.217. The lowest BCUT2D eigenvalue weighted by Crippen LogP contribution is -2.23. The Hall–Kier alpha value is -3.08. The smallest absolute Gasteiger partial charge is 0.242 e. The standard InChI is InChI=1S/C23H23FN4O3S2/c1-14-9-19(33(30,31)27(3)4)11-20(15(14)2)25-22(29)10-18-13-32-23-26-21(12-28(18)23)16-5-7-17(24)8-6-16/h5-9,11-13H,10H2,1-4H3,(H,25,29). The maximum Gasteiger partial charge on any atom is 0.242 e. The largest absolute Gasteiger partial charge is 0.325 e. The van der Waals surface area contributed by atoms with E-state index in [-0.39, 0.29) is 23.0 Å². The lowest BCUT2D eigenvalue weighted by atomic mass is 10.1. The van der Waals surface area contributed by atoms with Crippen LogP contribution in [0.1, 0.15) is 16.8 Å². The van der Waals surface area contributed by atoms with Gasteiger partial charge in [0.2, 0.25) is 15.9 Å². The molecule has 4 aromatic rings. The van der Waals surface area contributed by atoms with Gasteiger partial charge in [0.15, 0.2) is 4.96 Å². The summed E-state index contributed by atoms with van der Waals surface area (Å²) in [6.07, 6.45) is 1.91. The Morgan fingerprint density at radius 1 is 1.18 bits per heavy atom. The number of benzene rings is 2. The third-order valence-corrected chi connectivity index (χ3v) is 8.14. The fourth-order valence-electron chi connectivity index (χ4n) is 3.39. The highest BCUT2D eigenvalue weighted by atomic mass is 32.2. The van der Waals surface area contributed by atoms with Gasteiger partial charge in [-0.3, -0.25) is 9.20 Å². The number of hydrogen-bond acceptors (Lipinski definition) is 5. The average molecular weight is 487 g/mol. The third-order valence-electron chi connectivity index (χ3n) is 5.46. The average Bonchev–Trinajstić information content (AvgIpc) is 3.33. The molecule has 1 amide bonds.